The molecule has 100 valence electrons. The Morgan fingerprint density at radius 3 is 1.72 bits per heavy atom. The van der Waals surface area contributed by atoms with Crippen LogP contribution in [-0.2, 0) is 0 Å². The van der Waals surface area contributed by atoms with Crippen molar-refractivity contribution in [3.63, 3.8) is 0 Å². The summed E-state index contributed by atoms with van der Waals surface area (Å²) in [5, 5.41) is 1.78. The van der Waals surface area contributed by atoms with Crippen LogP contribution in [0, 0.1) is 6.92 Å². The number of rotatable bonds is 0. The van der Waals surface area contributed by atoms with Gasteiger partial charge in [-0.05, 0) is 44.9 Å². The lowest BCUT2D eigenvalue weighted by atomic mass is 10.1. The second-order valence-corrected chi connectivity index (χ2v) is 4.84. The molecule has 0 aromatic heterocycles. The van der Waals surface area contributed by atoms with Crippen LogP contribution in [0.1, 0.15) is 39.2 Å². The molecule has 0 N–H and O–H groups in total. The monoisotopic (exact) mass is 284 g/mol. The van der Waals surface area contributed by atoms with Crippen molar-refractivity contribution < 1.29 is 0 Å². The Labute approximate surface area is 121 Å². The molecule has 0 heterocycles. The predicted octanol–water partition coefficient (Wildman–Crippen LogP) is 6.52. The minimum absolute atomic E-state index is 0.801. The summed E-state index contributed by atoms with van der Waals surface area (Å²) in [4.78, 5) is 0. The lowest BCUT2D eigenvalue weighted by Crippen LogP contribution is -1.83. The van der Waals surface area contributed by atoms with Gasteiger partial charge in [-0.1, -0.05) is 66.4 Å². The van der Waals surface area contributed by atoms with E-state index in [1.165, 1.54) is 11.1 Å². The van der Waals surface area contributed by atoms with E-state index >= 15 is 0 Å². The normalized spacial score (nSPS) is 13.2. The number of hydrogen-bond donors (Lipinski definition) is 0. The lowest BCUT2D eigenvalue weighted by Gasteiger charge is -2.03. The maximum atomic E-state index is 5.70. The van der Waals surface area contributed by atoms with E-state index in [2.05, 4.69) is 13.0 Å². The van der Waals surface area contributed by atoms with Crippen LogP contribution < -0.4 is 0 Å². The molecule has 0 nitrogen and oxygen atoms in total. The van der Waals surface area contributed by atoms with Crippen LogP contribution in [0.25, 0.3) is 0 Å². The van der Waals surface area contributed by atoms with Gasteiger partial charge in [0.05, 0.1) is 0 Å². The van der Waals surface area contributed by atoms with Gasteiger partial charge in [0.1, 0.15) is 0 Å². The van der Waals surface area contributed by atoms with Gasteiger partial charge in [0.2, 0.25) is 0 Å². The summed E-state index contributed by atoms with van der Waals surface area (Å²) in [6.45, 7) is 8.16. The molecule has 2 rings (SSSR count). The van der Waals surface area contributed by atoms with Crippen molar-refractivity contribution in [3.05, 3.63) is 57.6 Å². The van der Waals surface area contributed by atoms with E-state index in [0.29, 0.717) is 0 Å². The molecule has 1 aliphatic rings. The first-order chi connectivity index (χ1) is 8.58. The molecule has 1 aromatic rings. The van der Waals surface area contributed by atoms with Crippen LogP contribution in [0.4, 0.5) is 0 Å². The van der Waals surface area contributed by atoms with Gasteiger partial charge in [-0.2, -0.15) is 0 Å². The Hall–Kier alpha value is -0.720. The molecule has 0 saturated heterocycles. The second-order valence-electron chi connectivity index (χ2n) is 3.92. The van der Waals surface area contributed by atoms with E-state index < -0.39 is 0 Å². The van der Waals surface area contributed by atoms with Crippen molar-refractivity contribution >= 4 is 23.2 Å². The van der Waals surface area contributed by atoms with Crippen molar-refractivity contribution in [1.29, 1.82) is 0 Å². The molecular weight excluding hydrogens is 263 g/mol. The quantitative estimate of drug-likeness (QED) is 0.508. The van der Waals surface area contributed by atoms with Crippen LogP contribution in [-0.4, -0.2) is 0 Å². The van der Waals surface area contributed by atoms with Gasteiger partial charge in [0.25, 0.3) is 0 Å². The number of aryl methyl sites for hydroxylation is 1. The Balaban J connectivity index is 0.000000283. The predicted molar refractivity (Wildman–Crippen MR) is 84.5 cm³/mol. The molecule has 0 fully saturated rings. The first kappa shape index (κ1) is 17.3. The maximum absolute atomic E-state index is 5.70. The smallest absolute Gasteiger partial charge is 0.0406 e. The molecule has 0 unspecified atom stereocenters. The van der Waals surface area contributed by atoms with Gasteiger partial charge < -0.3 is 0 Å². The van der Waals surface area contributed by atoms with Crippen molar-refractivity contribution in [2.75, 3.05) is 0 Å². The minimum Gasteiger partial charge on any atom is -0.0891 e. The molecule has 0 aliphatic heterocycles. The van der Waals surface area contributed by atoms with Crippen molar-refractivity contribution in [2.24, 2.45) is 0 Å². The Morgan fingerprint density at radius 1 is 0.833 bits per heavy atom. The molecule has 0 radical (unpaired) electrons. The topological polar surface area (TPSA) is 0 Å². The Kier molecular flexibility index (Phi) is 9.82. The van der Waals surface area contributed by atoms with E-state index in [4.69, 9.17) is 23.2 Å². The number of allylic oxidation sites excluding steroid dienone is 4. The van der Waals surface area contributed by atoms with Crippen LogP contribution in [0.3, 0.4) is 0 Å². The highest BCUT2D eigenvalue weighted by Crippen LogP contribution is 2.19. The third kappa shape index (κ3) is 8.38. The van der Waals surface area contributed by atoms with Gasteiger partial charge in [0, 0.05) is 10.1 Å². The van der Waals surface area contributed by atoms with Gasteiger partial charge in [-0.15, -0.1) is 0 Å². The van der Waals surface area contributed by atoms with E-state index in [1.807, 2.05) is 51.1 Å². The maximum Gasteiger partial charge on any atom is 0.0406 e. The van der Waals surface area contributed by atoms with Crippen molar-refractivity contribution in [1.82, 2.24) is 0 Å². The summed E-state index contributed by atoms with van der Waals surface area (Å²) in [5.74, 6) is 0. The van der Waals surface area contributed by atoms with Crippen LogP contribution in [0.15, 0.2) is 47.0 Å². The molecule has 0 spiro atoms. The summed E-state index contributed by atoms with van der Waals surface area (Å²) in [7, 11) is 0. The summed E-state index contributed by atoms with van der Waals surface area (Å²) in [6, 6.07) is 7.75. The average Bonchev–Trinajstić information content (AvgIpc) is 2.40. The zero-order chi connectivity index (χ0) is 14.0. The zero-order valence-corrected chi connectivity index (χ0v) is 13.1. The fraction of sp³-hybridized carbons (Fsp3) is 0.375. The summed E-state index contributed by atoms with van der Waals surface area (Å²) < 4.78 is 0. The van der Waals surface area contributed by atoms with Crippen molar-refractivity contribution in [3.8, 4) is 0 Å². The molecule has 0 bridgehead atoms. The first-order valence-corrected chi connectivity index (χ1v) is 7.07. The van der Waals surface area contributed by atoms with Gasteiger partial charge in [0.15, 0.2) is 0 Å². The highest BCUT2D eigenvalue weighted by Gasteiger charge is 1.97. The summed E-state index contributed by atoms with van der Waals surface area (Å²) in [5.41, 5.74) is 2.67. The molecule has 18 heavy (non-hydrogen) atoms. The van der Waals surface area contributed by atoms with E-state index in [1.54, 1.807) is 0 Å². The Morgan fingerprint density at radius 2 is 1.39 bits per heavy atom. The third-order valence-corrected chi connectivity index (χ3v) is 2.88. The molecule has 0 amide bonds. The molecule has 2 heteroatoms. The minimum atomic E-state index is 0.801. The fourth-order valence-electron chi connectivity index (χ4n) is 1.25. The standard InChI is InChI=1S/C7H9Cl.C7H7Cl.C2H6/c2*1-6-2-4-7(8)5-3-6;1-2/h2,4H,3,5H2,1H3;2-5H,1H3;1-2H3. The van der Waals surface area contributed by atoms with Crippen LogP contribution >= 0.6 is 23.2 Å². The number of halogens is 2. The lowest BCUT2D eigenvalue weighted by molar-refractivity contribution is 0.947. The fourth-order valence-corrected chi connectivity index (χ4v) is 1.53. The van der Waals surface area contributed by atoms with Gasteiger partial charge in [-0.25, -0.2) is 0 Å². The molecule has 1 aromatic carbocycles. The SMILES string of the molecule is CC.CC1=CC=C(Cl)CC1.Cc1ccc(Cl)cc1. The summed E-state index contributed by atoms with van der Waals surface area (Å²) in [6.07, 6.45) is 6.21. The first-order valence-electron chi connectivity index (χ1n) is 6.32. The van der Waals surface area contributed by atoms with Gasteiger partial charge in [-0.3, -0.25) is 0 Å². The summed E-state index contributed by atoms with van der Waals surface area (Å²) >= 11 is 11.3. The third-order valence-electron chi connectivity index (χ3n) is 2.32. The largest absolute Gasteiger partial charge is 0.0891 e. The molecule has 0 saturated carbocycles. The zero-order valence-electron chi connectivity index (χ0n) is 11.6. The highest BCUT2D eigenvalue weighted by molar-refractivity contribution is 6.30. The average molecular weight is 285 g/mol. The highest BCUT2D eigenvalue weighted by atomic mass is 35.5. The molecule has 0 atom stereocenters. The van der Waals surface area contributed by atoms with Crippen LogP contribution in [0.5, 0.6) is 0 Å². The molecule has 1 aliphatic carbocycles. The van der Waals surface area contributed by atoms with Gasteiger partial charge >= 0.3 is 0 Å². The van der Waals surface area contributed by atoms with Crippen molar-refractivity contribution in [2.45, 2.75) is 40.5 Å². The number of hydrogen-bond acceptors (Lipinski definition) is 0. The Bertz CT molecular complexity index is 347. The molecular formula is C16H22Cl2. The second kappa shape index (κ2) is 10.2. The van der Waals surface area contributed by atoms with E-state index in [0.717, 1.165) is 22.9 Å². The van der Waals surface area contributed by atoms with E-state index in [-0.39, 0.29) is 0 Å². The van der Waals surface area contributed by atoms with Crippen LogP contribution in [0.2, 0.25) is 5.02 Å². The van der Waals surface area contributed by atoms with E-state index in [9.17, 15) is 0 Å². The number of benzene rings is 1.